The Morgan fingerprint density at radius 3 is 2.00 bits per heavy atom. The van der Waals surface area contributed by atoms with Gasteiger partial charge in [0.25, 0.3) is 0 Å². The number of carboxylic acid groups (broad SMARTS) is 1. The Kier molecular flexibility index (Phi) is 6.04. The van der Waals surface area contributed by atoms with Crippen molar-refractivity contribution in [3.8, 4) is 5.75 Å². The van der Waals surface area contributed by atoms with Crippen LogP contribution in [0.1, 0.15) is 12.5 Å². The summed E-state index contributed by atoms with van der Waals surface area (Å²) in [6, 6.07) is 4.89. The number of nitrogens with zero attached hydrogens (tertiary/aromatic N) is 4. The van der Waals surface area contributed by atoms with Gasteiger partial charge in [0.15, 0.2) is 6.10 Å². The van der Waals surface area contributed by atoms with Crippen LogP contribution in [0.15, 0.2) is 18.2 Å². The molecule has 9 heteroatoms. The third-order valence-electron chi connectivity index (χ3n) is 4.22. The van der Waals surface area contributed by atoms with Gasteiger partial charge in [-0.15, -0.1) is 11.6 Å². The van der Waals surface area contributed by atoms with Gasteiger partial charge in [0.2, 0.25) is 0 Å². The molecule has 4 fully saturated rings. The number of alkyl halides is 1. The van der Waals surface area contributed by atoms with Crippen molar-refractivity contribution < 1.29 is 14.6 Å². The first kappa shape index (κ1) is 18.7. The van der Waals surface area contributed by atoms with Crippen LogP contribution in [0.25, 0.3) is 0 Å². The monoisotopic (exact) mass is 388 g/mol. The van der Waals surface area contributed by atoms with Crippen LogP contribution in [0.5, 0.6) is 5.75 Å². The fraction of sp³-hybridized carbons (Fsp3) is 0.562. The molecule has 4 aliphatic rings. The third-order valence-corrected chi connectivity index (χ3v) is 4.74. The molecule has 7 nitrogen and oxygen atoms in total. The molecule has 0 aliphatic carbocycles. The van der Waals surface area contributed by atoms with E-state index in [1.807, 2.05) is 0 Å². The highest BCUT2D eigenvalue weighted by Crippen LogP contribution is 2.25. The van der Waals surface area contributed by atoms with Crippen molar-refractivity contribution in [1.29, 1.82) is 0 Å². The molecule has 138 valence electrons. The quantitative estimate of drug-likeness (QED) is 0.790. The number of hydrogen-bond acceptors (Lipinski definition) is 6. The highest BCUT2D eigenvalue weighted by Gasteiger charge is 2.36. The zero-order chi connectivity index (χ0) is 18.0. The maximum atomic E-state index is 10.6. The predicted octanol–water partition coefficient (Wildman–Crippen LogP) is 1.91. The number of aliphatic carboxylic acids is 1. The molecule has 4 saturated heterocycles. The van der Waals surface area contributed by atoms with Crippen molar-refractivity contribution >= 4 is 29.2 Å². The number of ether oxygens (including phenoxy) is 1. The van der Waals surface area contributed by atoms with Gasteiger partial charge < -0.3 is 9.84 Å². The number of benzene rings is 1. The van der Waals surface area contributed by atoms with Crippen LogP contribution in [-0.2, 0) is 10.7 Å². The lowest BCUT2D eigenvalue weighted by molar-refractivity contribution is -0.194. The van der Waals surface area contributed by atoms with Crippen molar-refractivity contribution in [3.63, 3.8) is 0 Å². The predicted molar refractivity (Wildman–Crippen MR) is 95.3 cm³/mol. The molecule has 1 unspecified atom stereocenters. The first-order chi connectivity index (χ1) is 11.9. The summed E-state index contributed by atoms with van der Waals surface area (Å²) in [4.78, 5) is 20.5. The zero-order valence-electron chi connectivity index (χ0n) is 14.1. The second kappa shape index (κ2) is 8.07. The molecule has 0 amide bonds. The molecule has 1 aromatic rings. The number of carboxylic acids is 1. The molecule has 0 aromatic heterocycles. The van der Waals surface area contributed by atoms with Crippen molar-refractivity contribution in [1.82, 2.24) is 19.6 Å². The van der Waals surface area contributed by atoms with Gasteiger partial charge >= 0.3 is 5.97 Å². The minimum absolute atomic E-state index is 0.224. The number of halogens is 2. The lowest BCUT2D eigenvalue weighted by Gasteiger charge is -2.56. The van der Waals surface area contributed by atoms with Gasteiger partial charge in [-0.05, 0) is 25.1 Å². The molecule has 0 radical (unpaired) electrons. The molecule has 0 saturated carbocycles. The summed E-state index contributed by atoms with van der Waals surface area (Å²) in [5.74, 6) is -0.350. The van der Waals surface area contributed by atoms with E-state index in [-0.39, 0.29) is 5.88 Å². The Bertz CT molecular complexity index is 575. The van der Waals surface area contributed by atoms with Gasteiger partial charge in [-0.25, -0.2) is 4.79 Å². The molecular formula is C16H22Cl2N4O3. The van der Waals surface area contributed by atoms with Crippen molar-refractivity contribution in [2.24, 2.45) is 0 Å². The second-order valence-electron chi connectivity index (χ2n) is 6.52. The minimum atomic E-state index is -1.02. The molecule has 4 heterocycles. The van der Waals surface area contributed by atoms with Gasteiger partial charge in [0.05, 0.1) is 45.9 Å². The molecule has 4 bridgehead atoms. The lowest BCUT2D eigenvalue weighted by Crippen LogP contribution is -2.71. The highest BCUT2D eigenvalue weighted by molar-refractivity contribution is 6.30. The smallest absolute Gasteiger partial charge is 0.344 e. The fourth-order valence-corrected chi connectivity index (χ4v) is 3.65. The van der Waals surface area contributed by atoms with Crippen molar-refractivity contribution in [2.75, 3.05) is 40.0 Å². The van der Waals surface area contributed by atoms with Gasteiger partial charge in [-0.2, -0.15) is 0 Å². The molecule has 1 aromatic carbocycles. The largest absolute Gasteiger partial charge is 0.479 e. The van der Waals surface area contributed by atoms with Crippen LogP contribution in [0.2, 0.25) is 5.02 Å². The van der Waals surface area contributed by atoms with E-state index in [0.29, 0.717) is 16.3 Å². The van der Waals surface area contributed by atoms with Crippen LogP contribution in [-0.4, -0.2) is 76.8 Å². The number of hydrogen-bond donors (Lipinski definition) is 1. The third kappa shape index (κ3) is 4.75. The Morgan fingerprint density at radius 1 is 1.12 bits per heavy atom. The van der Waals surface area contributed by atoms with E-state index >= 15 is 0 Å². The molecule has 1 atom stereocenters. The molecule has 25 heavy (non-hydrogen) atoms. The van der Waals surface area contributed by atoms with Crippen LogP contribution in [0.4, 0.5) is 0 Å². The van der Waals surface area contributed by atoms with Crippen molar-refractivity contribution in [2.45, 2.75) is 18.9 Å². The second-order valence-corrected chi connectivity index (χ2v) is 7.22. The molecular weight excluding hydrogens is 367 g/mol. The van der Waals surface area contributed by atoms with Crippen molar-refractivity contribution in [3.05, 3.63) is 28.8 Å². The van der Waals surface area contributed by atoms with E-state index in [0.717, 1.165) is 0 Å². The zero-order valence-corrected chi connectivity index (χ0v) is 15.6. The molecule has 1 N–H and O–H groups in total. The summed E-state index contributed by atoms with van der Waals surface area (Å²) in [5.41, 5.74) is 0.678. The first-order valence-electron chi connectivity index (χ1n) is 8.08. The SMILES string of the molecule is C1N2CN3CN1CN(C2)C3.CC(Oc1ccc(Cl)cc1CCl)C(=O)O. The van der Waals surface area contributed by atoms with Crippen LogP contribution in [0, 0.1) is 0 Å². The summed E-state index contributed by atoms with van der Waals surface area (Å²) < 4.78 is 5.21. The normalized spacial score (nSPS) is 30.4. The standard InChI is InChI=1S/C10H10Cl2O3.C6H12N4/c1-6(10(13)14)15-9-3-2-8(12)4-7(9)5-11;1-7-2-9-4-8(1)5-10(3-7)6-9/h2-4,6H,5H2,1H3,(H,13,14);1-6H2. The number of carbonyl (C=O) groups is 1. The van der Waals surface area contributed by atoms with E-state index in [4.69, 9.17) is 33.0 Å². The van der Waals surface area contributed by atoms with E-state index in [1.165, 1.54) is 46.9 Å². The average molecular weight is 389 g/mol. The summed E-state index contributed by atoms with van der Waals surface area (Å²) in [5, 5.41) is 9.22. The average Bonchev–Trinajstić information content (AvgIpc) is 2.55. The topological polar surface area (TPSA) is 59.5 Å². The minimum Gasteiger partial charge on any atom is -0.479 e. The van der Waals surface area contributed by atoms with Gasteiger partial charge in [-0.3, -0.25) is 19.6 Å². The van der Waals surface area contributed by atoms with E-state index < -0.39 is 12.1 Å². The summed E-state index contributed by atoms with van der Waals surface area (Å²) in [6.45, 7) is 8.58. The van der Waals surface area contributed by atoms with E-state index in [1.54, 1.807) is 18.2 Å². The molecule has 4 aliphatic heterocycles. The van der Waals surface area contributed by atoms with Crippen LogP contribution >= 0.6 is 23.2 Å². The Labute approximate surface area is 157 Å². The Hall–Kier alpha value is -1.09. The maximum absolute atomic E-state index is 10.6. The van der Waals surface area contributed by atoms with Gasteiger partial charge in [-0.1, -0.05) is 11.6 Å². The van der Waals surface area contributed by atoms with Gasteiger partial charge in [0.1, 0.15) is 5.75 Å². The molecule has 0 spiro atoms. The maximum Gasteiger partial charge on any atom is 0.344 e. The first-order valence-corrected chi connectivity index (χ1v) is 8.99. The van der Waals surface area contributed by atoms with E-state index in [9.17, 15) is 4.79 Å². The molecule has 5 rings (SSSR count). The number of rotatable bonds is 4. The van der Waals surface area contributed by atoms with Gasteiger partial charge in [0, 0.05) is 10.6 Å². The Balaban J connectivity index is 0.000000155. The van der Waals surface area contributed by atoms with Crippen LogP contribution in [0.3, 0.4) is 0 Å². The summed E-state index contributed by atoms with van der Waals surface area (Å²) >= 11 is 11.4. The highest BCUT2D eigenvalue weighted by atomic mass is 35.5. The summed E-state index contributed by atoms with van der Waals surface area (Å²) in [6.07, 6.45) is -0.909. The fourth-order valence-electron chi connectivity index (χ4n) is 3.24. The lowest BCUT2D eigenvalue weighted by atomic mass is 10.2. The van der Waals surface area contributed by atoms with Crippen LogP contribution < -0.4 is 4.74 Å². The van der Waals surface area contributed by atoms with E-state index in [2.05, 4.69) is 19.6 Å². The Morgan fingerprint density at radius 2 is 1.60 bits per heavy atom. The summed E-state index contributed by atoms with van der Waals surface area (Å²) in [7, 11) is 0.